The van der Waals surface area contributed by atoms with E-state index in [0.29, 0.717) is 11.6 Å². The summed E-state index contributed by atoms with van der Waals surface area (Å²) in [5.41, 5.74) is 3.41. The van der Waals surface area contributed by atoms with Gasteiger partial charge in [0.15, 0.2) is 0 Å². The quantitative estimate of drug-likeness (QED) is 0.918. The maximum atomic E-state index is 12.5. The lowest BCUT2D eigenvalue weighted by atomic mass is 10.1. The fourth-order valence-electron chi connectivity index (χ4n) is 2.95. The molecule has 2 amide bonds. The van der Waals surface area contributed by atoms with Gasteiger partial charge in [-0.1, -0.05) is 35.9 Å². The van der Waals surface area contributed by atoms with Crippen molar-refractivity contribution >= 4 is 34.8 Å². The first kappa shape index (κ1) is 16.5. The highest BCUT2D eigenvalue weighted by Crippen LogP contribution is 2.32. The van der Waals surface area contributed by atoms with Crippen LogP contribution < -0.4 is 10.2 Å². The lowest BCUT2D eigenvalue weighted by molar-refractivity contribution is -0.122. The predicted octanol–water partition coefficient (Wildman–Crippen LogP) is 3.95. The number of carbonyl (C=O) groups is 2. The molecule has 1 saturated heterocycles. The van der Waals surface area contributed by atoms with Gasteiger partial charge in [-0.3, -0.25) is 9.59 Å². The van der Waals surface area contributed by atoms with Crippen LogP contribution in [0.2, 0.25) is 5.02 Å². The van der Waals surface area contributed by atoms with Crippen LogP contribution in [0.25, 0.3) is 0 Å². The minimum atomic E-state index is -0.365. The van der Waals surface area contributed by atoms with Gasteiger partial charge in [0, 0.05) is 29.4 Å². The molecule has 0 aromatic heterocycles. The molecule has 0 unspecified atom stereocenters. The first-order chi connectivity index (χ1) is 11.5. The molecule has 1 N–H and O–H groups in total. The Morgan fingerprint density at radius 2 is 1.92 bits per heavy atom. The molecule has 0 saturated carbocycles. The molecule has 5 heteroatoms. The van der Waals surface area contributed by atoms with Crippen LogP contribution in [-0.2, 0) is 9.59 Å². The number of nitrogens with one attached hydrogen (secondary N) is 1. The second-order valence-corrected chi connectivity index (χ2v) is 6.50. The number of hydrogen-bond donors (Lipinski definition) is 1. The van der Waals surface area contributed by atoms with Crippen LogP contribution in [0, 0.1) is 19.8 Å². The molecule has 0 aliphatic carbocycles. The van der Waals surface area contributed by atoms with Crippen LogP contribution in [0.1, 0.15) is 17.5 Å². The summed E-state index contributed by atoms with van der Waals surface area (Å²) in [7, 11) is 0. The molecule has 1 atom stereocenters. The van der Waals surface area contributed by atoms with E-state index in [9.17, 15) is 9.59 Å². The summed E-state index contributed by atoms with van der Waals surface area (Å²) >= 11 is 6.15. The SMILES string of the molecule is Cc1ccccc1NC(=O)[C@@H]1CC(=O)N(c2cccc(Cl)c2C)C1. The Bertz CT molecular complexity index is 804. The van der Waals surface area contributed by atoms with Gasteiger partial charge >= 0.3 is 0 Å². The highest BCUT2D eigenvalue weighted by molar-refractivity contribution is 6.31. The lowest BCUT2D eigenvalue weighted by Crippen LogP contribution is -2.28. The minimum Gasteiger partial charge on any atom is -0.326 e. The number of para-hydroxylation sites is 1. The number of nitrogens with zero attached hydrogens (tertiary/aromatic N) is 1. The van der Waals surface area contributed by atoms with Crippen molar-refractivity contribution < 1.29 is 9.59 Å². The van der Waals surface area contributed by atoms with Gasteiger partial charge in [0.1, 0.15) is 0 Å². The summed E-state index contributed by atoms with van der Waals surface area (Å²) in [6.07, 6.45) is 0.212. The van der Waals surface area contributed by atoms with Crippen molar-refractivity contribution in [2.75, 3.05) is 16.8 Å². The summed E-state index contributed by atoms with van der Waals surface area (Å²) in [6, 6.07) is 13.1. The third-order valence-corrected chi connectivity index (χ3v) is 4.84. The van der Waals surface area contributed by atoms with E-state index in [2.05, 4.69) is 5.32 Å². The van der Waals surface area contributed by atoms with Crippen molar-refractivity contribution in [2.45, 2.75) is 20.3 Å². The third-order valence-electron chi connectivity index (χ3n) is 4.43. The van der Waals surface area contributed by atoms with Crippen molar-refractivity contribution in [3.05, 3.63) is 58.6 Å². The molecule has 1 aliphatic rings. The van der Waals surface area contributed by atoms with Crippen molar-refractivity contribution in [3.63, 3.8) is 0 Å². The van der Waals surface area contributed by atoms with E-state index in [1.165, 1.54) is 0 Å². The summed E-state index contributed by atoms with van der Waals surface area (Å²) in [5.74, 6) is -0.541. The first-order valence-electron chi connectivity index (χ1n) is 7.89. The number of carbonyl (C=O) groups excluding carboxylic acids is 2. The molecule has 0 radical (unpaired) electrons. The summed E-state index contributed by atoms with van der Waals surface area (Å²) in [5, 5.41) is 3.55. The molecule has 1 aliphatic heterocycles. The number of halogens is 1. The van der Waals surface area contributed by atoms with Gasteiger partial charge in [-0.25, -0.2) is 0 Å². The van der Waals surface area contributed by atoms with E-state index in [1.54, 1.807) is 11.0 Å². The summed E-state index contributed by atoms with van der Waals surface area (Å²) < 4.78 is 0. The smallest absolute Gasteiger partial charge is 0.229 e. The number of rotatable bonds is 3. The number of benzene rings is 2. The molecule has 24 heavy (non-hydrogen) atoms. The molecule has 1 fully saturated rings. The van der Waals surface area contributed by atoms with E-state index < -0.39 is 0 Å². The first-order valence-corrected chi connectivity index (χ1v) is 8.27. The molecule has 2 aromatic carbocycles. The van der Waals surface area contributed by atoms with Crippen molar-refractivity contribution in [1.29, 1.82) is 0 Å². The van der Waals surface area contributed by atoms with Crippen LogP contribution in [0.5, 0.6) is 0 Å². The summed E-state index contributed by atoms with van der Waals surface area (Å²) in [4.78, 5) is 26.6. The highest BCUT2D eigenvalue weighted by atomic mass is 35.5. The lowest BCUT2D eigenvalue weighted by Gasteiger charge is -2.19. The Labute approximate surface area is 146 Å². The van der Waals surface area contributed by atoms with E-state index in [0.717, 1.165) is 22.5 Å². The predicted molar refractivity (Wildman–Crippen MR) is 96.5 cm³/mol. The largest absolute Gasteiger partial charge is 0.326 e. The van der Waals surface area contributed by atoms with Gasteiger partial charge in [-0.15, -0.1) is 0 Å². The second kappa shape index (κ2) is 6.65. The molecule has 1 heterocycles. The van der Waals surface area contributed by atoms with Gasteiger partial charge in [0.05, 0.1) is 5.92 Å². The molecule has 0 bridgehead atoms. The van der Waals surface area contributed by atoms with E-state index in [1.807, 2.05) is 50.2 Å². The van der Waals surface area contributed by atoms with Crippen LogP contribution in [0.3, 0.4) is 0 Å². The van der Waals surface area contributed by atoms with Crippen molar-refractivity contribution in [1.82, 2.24) is 0 Å². The fraction of sp³-hybridized carbons (Fsp3) is 0.263. The number of hydrogen-bond acceptors (Lipinski definition) is 2. The Morgan fingerprint density at radius 3 is 2.67 bits per heavy atom. The number of aryl methyl sites for hydroxylation is 1. The number of amides is 2. The van der Waals surface area contributed by atoms with Crippen LogP contribution >= 0.6 is 11.6 Å². The number of anilines is 2. The van der Waals surface area contributed by atoms with Gasteiger partial charge in [-0.05, 0) is 43.2 Å². The van der Waals surface area contributed by atoms with Gasteiger partial charge in [0.2, 0.25) is 11.8 Å². The Morgan fingerprint density at radius 1 is 1.17 bits per heavy atom. The van der Waals surface area contributed by atoms with Gasteiger partial charge in [0.25, 0.3) is 0 Å². The Hall–Kier alpha value is -2.33. The molecule has 0 spiro atoms. The summed E-state index contributed by atoms with van der Waals surface area (Å²) in [6.45, 7) is 4.19. The zero-order valence-corrected chi connectivity index (χ0v) is 14.4. The zero-order valence-electron chi connectivity index (χ0n) is 13.7. The Kier molecular flexibility index (Phi) is 4.58. The maximum Gasteiger partial charge on any atom is 0.229 e. The Balaban J connectivity index is 1.76. The molecular formula is C19H19ClN2O2. The van der Waals surface area contributed by atoms with Crippen LogP contribution in [0.15, 0.2) is 42.5 Å². The van der Waals surface area contributed by atoms with Crippen LogP contribution in [-0.4, -0.2) is 18.4 Å². The van der Waals surface area contributed by atoms with Crippen molar-refractivity contribution in [2.24, 2.45) is 5.92 Å². The molecule has 4 nitrogen and oxygen atoms in total. The third kappa shape index (κ3) is 3.15. The molecule has 3 rings (SSSR count). The maximum absolute atomic E-state index is 12.5. The second-order valence-electron chi connectivity index (χ2n) is 6.09. The monoisotopic (exact) mass is 342 g/mol. The molecule has 124 valence electrons. The molecule has 2 aromatic rings. The van der Waals surface area contributed by atoms with E-state index in [-0.39, 0.29) is 24.2 Å². The topological polar surface area (TPSA) is 49.4 Å². The van der Waals surface area contributed by atoms with Gasteiger partial charge in [-0.2, -0.15) is 0 Å². The fourth-order valence-corrected chi connectivity index (χ4v) is 3.12. The van der Waals surface area contributed by atoms with E-state index in [4.69, 9.17) is 11.6 Å². The van der Waals surface area contributed by atoms with Crippen LogP contribution in [0.4, 0.5) is 11.4 Å². The average Bonchev–Trinajstić information content (AvgIpc) is 2.94. The minimum absolute atomic E-state index is 0.0506. The zero-order chi connectivity index (χ0) is 17.3. The van der Waals surface area contributed by atoms with Gasteiger partial charge < -0.3 is 10.2 Å². The normalized spacial score (nSPS) is 17.2. The highest BCUT2D eigenvalue weighted by Gasteiger charge is 2.35. The molecular weight excluding hydrogens is 324 g/mol. The van der Waals surface area contributed by atoms with E-state index >= 15 is 0 Å². The average molecular weight is 343 g/mol. The van der Waals surface area contributed by atoms with Crippen molar-refractivity contribution in [3.8, 4) is 0 Å². The standard InChI is InChI=1S/C19H19ClN2O2/c1-12-6-3-4-8-16(12)21-19(24)14-10-18(23)22(11-14)17-9-5-7-15(20)13(17)2/h3-9,14H,10-11H2,1-2H3,(H,21,24)/t14-/m1/s1.